The Morgan fingerprint density at radius 2 is 2.00 bits per heavy atom. The second-order valence-corrected chi connectivity index (χ2v) is 4.32. The van der Waals surface area contributed by atoms with E-state index in [0.29, 0.717) is 0 Å². The maximum absolute atomic E-state index is 5.90. The molecule has 0 amide bonds. The van der Waals surface area contributed by atoms with Gasteiger partial charge in [-0.2, -0.15) is 0 Å². The van der Waals surface area contributed by atoms with Crippen molar-refractivity contribution in [3.8, 4) is 0 Å². The van der Waals surface area contributed by atoms with Gasteiger partial charge in [0.2, 0.25) is 0 Å². The fourth-order valence-corrected chi connectivity index (χ4v) is 1.86. The van der Waals surface area contributed by atoms with Crippen molar-refractivity contribution in [1.82, 2.24) is 4.98 Å². The number of hydrogen-bond acceptors (Lipinski definition) is 2. The minimum atomic E-state index is 0.848. The van der Waals surface area contributed by atoms with Crippen LogP contribution in [-0.4, -0.2) is 4.98 Å². The number of nitrogen functional groups attached to an aromatic ring is 1. The highest BCUT2D eigenvalue weighted by Gasteiger charge is 2.03. The van der Waals surface area contributed by atoms with Crippen molar-refractivity contribution in [1.29, 1.82) is 0 Å². The number of aryl methyl sites for hydroxylation is 1. The van der Waals surface area contributed by atoms with E-state index in [9.17, 15) is 0 Å². The second-order valence-electron chi connectivity index (χ2n) is 4.32. The van der Waals surface area contributed by atoms with Gasteiger partial charge < -0.3 is 5.73 Å². The van der Waals surface area contributed by atoms with E-state index in [2.05, 4.69) is 37.0 Å². The first-order chi connectivity index (χ1) is 8.20. The van der Waals surface area contributed by atoms with Gasteiger partial charge in [0, 0.05) is 24.0 Å². The van der Waals surface area contributed by atoms with Crippen molar-refractivity contribution >= 4 is 5.69 Å². The molecule has 2 nitrogen and oxygen atoms in total. The van der Waals surface area contributed by atoms with E-state index in [-0.39, 0.29) is 0 Å². The highest BCUT2D eigenvalue weighted by molar-refractivity contribution is 5.50. The van der Waals surface area contributed by atoms with Crippen LogP contribution in [0.1, 0.15) is 29.3 Å². The molecule has 88 valence electrons. The molecule has 17 heavy (non-hydrogen) atoms. The Hall–Kier alpha value is -1.83. The van der Waals surface area contributed by atoms with Gasteiger partial charge in [0.15, 0.2) is 0 Å². The molecule has 0 aliphatic carbocycles. The molecule has 1 aromatic heterocycles. The molecule has 1 aromatic carbocycles. The Morgan fingerprint density at radius 3 is 2.65 bits per heavy atom. The maximum atomic E-state index is 5.90. The number of benzene rings is 1. The van der Waals surface area contributed by atoms with Gasteiger partial charge in [0.1, 0.15) is 0 Å². The average Bonchev–Trinajstić information content (AvgIpc) is 2.36. The Morgan fingerprint density at radius 1 is 1.18 bits per heavy atom. The predicted molar refractivity (Wildman–Crippen MR) is 72.0 cm³/mol. The number of nitrogens with zero attached hydrogens (tertiary/aromatic N) is 1. The number of rotatable bonds is 3. The van der Waals surface area contributed by atoms with Crippen LogP contribution in [0.15, 0.2) is 36.5 Å². The Balaban J connectivity index is 2.22. The van der Waals surface area contributed by atoms with E-state index in [4.69, 9.17) is 5.73 Å². The van der Waals surface area contributed by atoms with Crippen molar-refractivity contribution in [2.45, 2.75) is 26.7 Å². The third kappa shape index (κ3) is 2.64. The molecular weight excluding hydrogens is 208 g/mol. The molecular formula is C15H18N2. The predicted octanol–water partition coefficient (Wildman–Crippen LogP) is 3.13. The third-order valence-corrected chi connectivity index (χ3v) is 3.15. The minimum absolute atomic E-state index is 0.848. The SMILES string of the molecule is CCc1ccc(Cc2cccc(N)c2C)nc1. The fourth-order valence-electron chi connectivity index (χ4n) is 1.86. The van der Waals surface area contributed by atoms with Crippen LogP contribution in [0.5, 0.6) is 0 Å². The fraction of sp³-hybridized carbons (Fsp3) is 0.267. The Labute approximate surface area is 103 Å². The first kappa shape index (κ1) is 11.6. The lowest BCUT2D eigenvalue weighted by molar-refractivity contribution is 1.02. The van der Waals surface area contributed by atoms with Crippen LogP contribution in [0.4, 0.5) is 5.69 Å². The number of anilines is 1. The van der Waals surface area contributed by atoms with Crippen molar-refractivity contribution in [3.05, 3.63) is 58.9 Å². The van der Waals surface area contributed by atoms with Crippen LogP contribution in [-0.2, 0) is 12.8 Å². The lowest BCUT2D eigenvalue weighted by Gasteiger charge is -2.08. The summed E-state index contributed by atoms with van der Waals surface area (Å²) < 4.78 is 0. The summed E-state index contributed by atoms with van der Waals surface area (Å²) in [6.45, 7) is 4.20. The van der Waals surface area contributed by atoms with Gasteiger partial charge in [-0.05, 0) is 42.2 Å². The molecule has 2 heteroatoms. The summed E-state index contributed by atoms with van der Waals surface area (Å²) in [5.41, 5.74) is 11.5. The van der Waals surface area contributed by atoms with Gasteiger partial charge >= 0.3 is 0 Å². The molecule has 1 heterocycles. The van der Waals surface area contributed by atoms with Crippen LogP contribution >= 0.6 is 0 Å². The van der Waals surface area contributed by atoms with Gasteiger partial charge in [0.05, 0.1) is 0 Å². The molecule has 0 radical (unpaired) electrons. The molecule has 0 bridgehead atoms. The summed E-state index contributed by atoms with van der Waals surface area (Å²) in [6.07, 6.45) is 3.84. The van der Waals surface area contributed by atoms with Crippen LogP contribution in [0.25, 0.3) is 0 Å². The largest absolute Gasteiger partial charge is 0.399 e. The molecule has 0 saturated carbocycles. The molecule has 0 aliphatic rings. The van der Waals surface area contributed by atoms with Crippen molar-refractivity contribution < 1.29 is 0 Å². The normalized spacial score (nSPS) is 10.5. The number of aromatic nitrogens is 1. The van der Waals surface area contributed by atoms with E-state index in [0.717, 1.165) is 29.8 Å². The van der Waals surface area contributed by atoms with Crippen molar-refractivity contribution in [3.63, 3.8) is 0 Å². The summed E-state index contributed by atoms with van der Waals surface area (Å²) in [6, 6.07) is 10.3. The summed E-state index contributed by atoms with van der Waals surface area (Å²) in [7, 11) is 0. The van der Waals surface area contributed by atoms with Crippen LogP contribution in [0.2, 0.25) is 0 Å². The van der Waals surface area contributed by atoms with Gasteiger partial charge in [-0.15, -0.1) is 0 Å². The van der Waals surface area contributed by atoms with Crippen molar-refractivity contribution in [2.24, 2.45) is 0 Å². The molecule has 0 aliphatic heterocycles. The quantitative estimate of drug-likeness (QED) is 0.817. The van der Waals surface area contributed by atoms with E-state index in [1.54, 1.807) is 0 Å². The van der Waals surface area contributed by atoms with Gasteiger partial charge in [0.25, 0.3) is 0 Å². The summed E-state index contributed by atoms with van der Waals surface area (Å²) >= 11 is 0. The minimum Gasteiger partial charge on any atom is -0.399 e. The zero-order valence-electron chi connectivity index (χ0n) is 10.4. The van der Waals surface area contributed by atoms with Crippen LogP contribution in [0, 0.1) is 6.92 Å². The zero-order chi connectivity index (χ0) is 12.3. The molecule has 2 rings (SSSR count). The molecule has 2 aromatic rings. The van der Waals surface area contributed by atoms with Gasteiger partial charge in [-0.3, -0.25) is 4.98 Å². The Kier molecular flexibility index (Phi) is 3.43. The summed E-state index contributed by atoms with van der Waals surface area (Å²) in [5, 5.41) is 0. The van der Waals surface area contributed by atoms with Crippen LogP contribution in [0.3, 0.4) is 0 Å². The smallest absolute Gasteiger partial charge is 0.0447 e. The van der Waals surface area contributed by atoms with Gasteiger partial charge in [-0.1, -0.05) is 25.1 Å². The standard InChI is InChI=1S/C15H18N2/c1-3-12-7-8-14(17-10-12)9-13-5-4-6-15(16)11(13)2/h4-8,10H,3,9,16H2,1-2H3. The lowest BCUT2D eigenvalue weighted by Crippen LogP contribution is -1.98. The van der Waals surface area contributed by atoms with E-state index >= 15 is 0 Å². The van der Waals surface area contributed by atoms with Crippen LogP contribution < -0.4 is 5.73 Å². The number of pyridine rings is 1. The van der Waals surface area contributed by atoms with Crippen molar-refractivity contribution in [2.75, 3.05) is 5.73 Å². The van der Waals surface area contributed by atoms with E-state index in [1.165, 1.54) is 11.1 Å². The molecule has 0 spiro atoms. The second kappa shape index (κ2) is 5.00. The monoisotopic (exact) mass is 226 g/mol. The molecule has 0 atom stereocenters. The summed E-state index contributed by atoms with van der Waals surface area (Å²) in [5.74, 6) is 0. The van der Waals surface area contributed by atoms with E-state index in [1.807, 2.05) is 18.3 Å². The Bertz CT molecular complexity index is 501. The average molecular weight is 226 g/mol. The van der Waals surface area contributed by atoms with E-state index < -0.39 is 0 Å². The number of hydrogen-bond donors (Lipinski definition) is 1. The first-order valence-corrected chi connectivity index (χ1v) is 5.98. The van der Waals surface area contributed by atoms with Gasteiger partial charge in [-0.25, -0.2) is 0 Å². The maximum Gasteiger partial charge on any atom is 0.0447 e. The molecule has 2 N–H and O–H groups in total. The topological polar surface area (TPSA) is 38.9 Å². The molecule has 0 unspecified atom stereocenters. The highest BCUT2D eigenvalue weighted by Crippen LogP contribution is 2.18. The highest BCUT2D eigenvalue weighted by atomic mass is 14.7. The third-order valence-electron chi connectivity index (χ3n) is 3.15. The summed E-state index contributed by atoms with van der Waals surface area (Å²) in [4.78, 5) is 4.47. The number of nitrogens with two attached hydrogens (primary N) is 1. The molecule has 0 fully saturated rings. The first-order valence-electron chi connectivity index (χ1n) is 5.98. The lowest BCUT2D eigenvalue weighted by atomic mass is 10.0. The zero-order valence-corrected chi connectivity index (χ0v) is 10.4. The molecule has 0 saturated heterocycles.